The van der Waals surface area contributed by atoms with Crippen LogP contribution in [0.25, 0.3) is 0 Å². The lowest BCUT2D eigenvalue weighted by atomic mass is 10.4. The highest BCUT2D eigenvalue weighted by atomic mass is 32.2. The molecule has 0 unspecified atom stereocenters. The summed E-state index contributed by atoms with van der Waals surface area (Å²) in [5.74, 6) is 0. The number of carbonyl (C=O) groups excluding carboxylic acids is 1. The zero-order chi connectivity index (χ0) is 12.9. The van der Waals surface area contributed by atoms with Crippen LogP contribution in [0.1, 0.15) is 6.92 Å². The minimum atomic E-state index is -4.04. The molecule has 0 bridgehead atoms. The van der Waals surface area contributed by atoms with E-state index < -0.39 is 16.1 Å². The monoisotopic (exact) mass is 259 g/mol. The van der Waals surface area contributed by atoms with Gasteiger partial charge in [-0.25, -0.2) is 4.79 Å². The predicted molar refractivity (Wildman–Crippen MR) is 59.5 cm³/mol. The lowest BCUT2D eigenvalue weighted by molar-refractivity contribution is -0.0401. The summed E-state index contributed by atoms with van der Waals surface area (Å²) in [5.41, 5.74) is 0. The van der Waals surface area contributed by atoms with Crippen molar-refractivity contribution in [1.82, 2.24) is 4.47 Å². The van der Waals surface area contributed by atoms with Crippen LogP contribution < -0.4 is 0 Å². The second-order valence-corrected chi connectivity index (χ2v) is 4.68. The van der Waals surface area contributed by atoms with Crippen molar-refractivity contribution in [3.63, 3.8) is 0 Å². The maximum absolute atomic E-state index is 12.0. The van der Waals surface area contributed by atoms with E-state index in [1.165, 1.54) is 12.1 Å². The maximum Gasteiger partial charge on any atom is 0.449 e. The smallest absolute Gasteiger partial charge is 0.447 e. The molecule has 0 saturated heterocycles. The molecule has 0 aliphatic carbocycles. The van der Waals surface area contributed by atoms with Gasteiger partial charge in [0.25, 0.3) is 10.0 Å². The predicted octanol–water partition coefficient (Wildman–Crippen LogP) is 1.40. The number of rotatable bonds is 4. The van der Waals surface area contributed by atoms with Crippen LogP contribution in [0.2, 0.25) is 0 Å². The fraction of sp³-hybridized carbons (Fsp3) is 0.300. The molecule has 1 aromatic rings. The number of hydrogen-bond donors (Lipinski definition) is 0. The number of nitrogens with zero attached hydrogens (tertiary/aromatic N) is 1. The Bertz CT molecular complexity index is 471. The van der Waals surface area contributed by atoms with E-state index in [-0.39, 0.29) is 16.0 Å². The highest BCUT2D eigenvalue weighted by Crippen LogP contribution is 2.16. The van der Waals surface area contributed by atoms with Crippen molar-refractivity contribution >= 4 is 16.1 Å². The van der Waals surface area contributed by atoms with E-state index in [1.807, 2.05) is 0 Å². The van der Waals surface area contributed by atoms with E-state index >= 15 is 0 Å². The van der Waals surface area contributed by atoms with E-state index in [1.54, 1.807) is 25.1 Å². The molecule has 7 heteroatoms. The lowest BCUT2D eigenvalue weighted by Gasteiger charge is -2.18. The highest BCUT2D eigenvalue weighted by molar-refractivity contribution is 7.89. The number of carbonyl (C=O) groups is 1. The van der Waals surface area contributed by atoms with Gasteiger partial charge in [0.1, 0.15) is 0 Å². The second-order valence-electron chi connectivity index (χ2n) is 2.93. The first-order valence-corrected chi connectivity index (χ1v) is 6.29. The van der Waals surface area contributed by atoms with Crippen LogP contribution in [0.3, 0.4) is 0 Å². The summed E-state index contributed by atoms with van der Waals surface area (Å²) in [6.45, 7) is 1.63. The van der Waals surface area contributed by atoms with Gasteiger partial charge in [0, 0.05) is 0 Å². The first-order chi connectivity index (χ1) is 8.04. The topological polar surface area (TPSA) is 72.9 Å². The molecule has 0 spiro atoms. The van der Waals surface area contributed by atoms with Crippen molar-refractivity contribution in [3.8, 4) is 0 Å². The minimum Gasteiger partial charge on any atom is -0.447 e. The van der Waals surface area contributed by atoms with Crippen molar-refractivity contribution in [2.75, 3.05) is 13.7 Å². The molecule has 0 heterocycles. The van der Waals surface area contributed by atoms with Gasteiger partial charge in [-0.15, -0.1) is 0 Å². The van der Waals surface area contributed by atoms with Gasteiger partial charge in [-0.2, -0.15) is 8.42 Å². The molecule has 1 rings (SSSR count). The molecule has 1 amide bonds. The molecule has 1 aromatic carbocycles. The highest BCUT2D eigenvalue weighted by Gasteiger charge is 2.30. The van der Waals surface area contributed by atoms with Gasteiger partial charge in [0.2, 0.25) is 0 Å². The van der Waals surface area contributed by atoms with Crippen LogP contribution in [0.4, 0.5) is 4.79 Å². The summed E-state index contributed by atoms with van der Waals surface area (Å²) in [6.07, 6.45) is -1.07. The number of hydrogen-bond acceptors (Lipinski definition) is 5. The third kappa shape index (κ3) is 2.95. The normalized spacial score (nSPS) is 10.9. The first-order valence-electron chi connectivity index (χ1n) is 4.85. The average molecular weight is 259 g/mol. The Kier molecular flexibility index (Phi) is 4.47. The number of benzene rings is 1. The summed E-state index contributed by atoms with van der Waals surface area (Å²) in [4.78, 5) is 15.9. The van der Waals surface area contributed by atoms with Gasteiger partial charge < -0.3 is 4.74 Å². The van der Waals surface area contributed by atoms with Gasteiger partial charge in [0.15, 0.2) is 0 Å². The Morgan fingerprint density at radius 1 is 1.29 bits per heavy atom. The van der Waals surface area contributed by atoms with E-state index in [0.717, 1.165) is 7.11 Å². The van der Waals surface area contributed by atoms with Crippen molar-refractivity contribution in [1.29, 1.82) is 0 Å². The number of amides is 1. The Balaban J connectivity index is 3.07. The third-order valence-corrected chi connectivity index (χ3v) is 3.44. The van der Waals surface area contributed by atoms with Crippen LogP contribution in [-0.4, -0.2) is 32.7 Å². The molecule has 0 aromatic heterocycles. The van der Waals surface area contributed by atoms with Gasteiger partial charge in [-0.05, 0) is 19.1 Å². The molecule has 0 atom stereocenters. The second kappa shape index (κ2) is 5.65. The largest absolute Gasteiger partial charge is 0.449 e. The fourth-order valence-electron chi connectivity index (χ4n) is 1.14. The maximum atomic E-state index is 12.0. The zero-order valence-corrected chi connectivity index (χ0v) is 10.3. The van der Waals surface area contributed by atoms with Crippen molar-refractivity contribution in [2.45, 2.75) is 11.8 Å². The van der Waals surface area contributed by atoms with Crippen molar-refractivity contribution in [2.24, 2.45) is 0 Å². The van der Waals surface area contributed by atoms with Gasteiger partial charge in [-0.3, -0.25) is 4.84 Å². The standard InChI is InChI=1S/C10H13NO5S/c1-3-16-10(12)11(15-2)17(13,14)9-7-5-4-6-8-9/h4-8H,3H2,1-2H3. The molecule has 17 heavy (non-hydrogen) atoms. The van der Waals surface area contributed by atoms with Crippen LogP contribution in [-0.2, 0) is 19.6 Å². The number of sulfonamides is 1. The van der Waals surface area contributed by atoms with E-state index in [9.17, 15) is 13.2 Å². The average Bonchev–Trinajstić information content (AvgIpc) is 2.31. The molecular formula is C10H13NO5S. The molecule has 94 valence electrons. The Morgan fingerprint density at radius 2 is 1.88 bits per heavy atom. The van der Waals surface area contributed by atoms with E-state index in [2.05, 4.69) is 9.57 Å². The summed E-state index contributed by atoms with van der Waals surface area (Å²) in [5, 5.41) is 0. The fourth-order valence-corrected chi connectivity index (χ4v) is 2.27. The summed E-state index contributed by atoms with van der Waals surface area (Å²) in [6, 6.07) is 7.49. The zero-order valence-electron chi connectivity index (χ0n) is 9.49. The summed E-state index contributed by atoms with van der Waals surface area (Å²) >= 11 is 0. The van der Waals surface area contributed by atoms with Crippen LogP contribution in [0.15, 0.2) is 35.2 Å². The van der Waals surface area contributed by atoms with E-state index in [4.69, 9.17) is 0 Å². The Labute approximate surface area is 99.8 Å². The third-order valence-electron chi connectivity index (χ3n) is 1.84. The molecule has 6 nitrogen and oxygen atoms in total. The summed E-state index contributed by atoms with van der Waals surface area (Å²) < 4.78 is 28.8. The molecular weight excluding hydrogens is 246 g/mol. The van der Waals surface area contributed by atoms with Crippen molar-refractivity contribution in [3.05, 3.63) is 30.3 Å². The van der Waals surface area contributed by atoms with Crippen molar-refractivity contribution < 1.29 is 22.8 Å². The van der Waals surface area contributed by atoms with E-state index in [0.29, 0.717) is 0 Å². The SMILES string of the molecule is CCOC(=O)N(OC)S(=O)(=O)c1ccccc1. The quantitative estimate of drug-likeness (QED) is 0.764. The van der Waals surface area contributed by atoms with Crippen LogP contribution in [0, 0.1) is 0 Å². The Hall–Kier alpha value is -1.60. The lowest BCUT2D eigenvalue weighted by Crippen LogP contribution is -2.36. The first kappa shape index (κ1) is 13.5. The minimum absolute atomic E-state index is 0.0464. The van der Waals surface area contributed by atoms with Gasteiger partial charge in [-0.1, -0.05) is 22.7 Å². The van der Waals surface area contributed by atoms with Gasteiger partial charge in [0.05, 0.1) is 18.6 Å². The van der Waals surface area contributed by atoms with Crippen LogP contribution >= 0.6 is 0 Å². The number of hydroxylamine groups is 1. The number of ether oxygens (including phenoxy) is 1. The molecule has 0 aliphatic rings. The molecule has 0 saturated carbocycles. The molecule has 0 fully saturated rings. The molecule has 0 N–H and O–H groups in total. The molecule has 0 radical (unpaired) electrons. The van der Waals surface area contributed by atoms with Gasteiger partial charge >= 0.3 is 6.09 Å². The molecule has 0 aliphatic heterocycles. The Morgan fingerprint density at radius 3 is 2.35 bits per heavy atom. The summed E-state index contributed by atoms with van der Waals surface area (Å²) in [7, 11) is -2.96. The van der Waals surface area contributed by atoms with Crippen LogP contribution in [0.5, 0.6) is 0 Å².